The second-order valence-corrected chi connectivity index (χ2v) is 6.66. The van der Waals surface area contributed by atoms with E-state index in [4.69, 9.17) is 4.74 Å². The number of aryl methyl sites for hydroxylation is 1. The van der Waals surface area contributed by atoms with Gasteiger partial charge >= 0.3 is 0 Å². The summed E-state index contributed by atoms with van der Waals surface area (Å²) in [6, 6.07) is 14.6. The fourth-order valence-corrected chi connectivity index (χ4v) is 3.11. The number of carbonyl (C=O) groups excluding carboxylic acids is 1. The molecule has 146 valence electrons. The Hall–Kier alpha value is -3.15. The second kappa shape index (κ2) is 9.17. The Labute approximate surface area is 164 Å². The molecule has 6 heteroatoms. The van der Waals surface area contributed by atoms with Crippen molar-refractivity contribution in [2.75, 3.05) is 7.11 Å². The van der Waals surface area contributed by atoms with E-state index in [1.165, 1.54) is 4.68 Å². The number of unbranched alkanes of at least 4 members (excludes halogenated alkanes) is 2. The molecule has 1 N–H and O–H groups in total. The van der Waals surface area contributed by atoms with E-state index < -0.39 is 0 Å². The highest BCUT2D eigenvalue weighted by Gasteiger charge is 2.16. The van der Waals surface area contributed by atoms with Crippen LogP contribution in [0, 0.1) is 0 Å². The van der Waals surface area contributed by atoms with Gasteiger partial charge in [0.1, 0.15) is 5.75 Å². The topological polar surface area (TPSA) is 73.2 Å². The first kappa shape index (κ1) is 19.6. The minimum atomic E-state index is -0.303. The quantitative estimate of drug-likeness (QED) is 0.608. The predicted octanol–water partition coefficient (Wildman–Crippen LogP) is 3.53. The smallest absolute Gasteiger partial charge is 0.274 e. The third-order valence-corrected chi connectivity index (χ3v) is 4.64. The second-order valence-electron chi connectivity index (χ2n) is 6.66. The van der Waals surface area contributed by atoms with Gasteiger partial charge in [-0.15, -0.1) is 0 Å². The zero-order valence-corrected chi connectivity index (χ0v) is 16.3. The summed E-state index contributed by atoms with van der Waals surface area (Å²) in [5.74, 6) is 0.433. The predicted molar refractivity (Wildman–Crippen MR) is 110 cm³/mol. The number of aromatic nitrogens is 2. The van der Waals surface area contributed by atoms with E-state index in [0.29, 0.717) is 23.9 Å². The number of hydrogen-bond donors (Lipinski definition) is 1. The minimum Gasteiger partial charge on any atom is -0.497 e. The van der Waals surface area contributed by atoms with Crippen molar-refractivity contribution in [3.05, 3.63) is 70.1 Å². The first-order valence-corrected chi connectivity index (χ1v) is 9.55. The summed E-state index contributed by atoms with van der Waals surface area (Å²) in [6.45, 7) is 2.96. The Morgan fingerprint density at radius 1 is 1.11 bits per heavy atom. The lowest BCUT2D eigenvalue weighted by atomic mass is 10.1. The van der Waals surface area contributed by atoms with E-state index in [0.717, 1.165) is 30.6 Å². The lowest BCUT2D eigenvalue weighted by molar-refractivity contribution is 0.0945. The van der Waals surface area contributed by atoms with Gasteiger partial charge in [-0.2, -0.15) is 5.10 Å². The third kappa shape index (κ3) is 4.39. The summed E-state index contributed by atoms with van der Waals surface area (Å²) in [4.78, 5) is 25.6. The number of nitrogens with zero attached hydrogens (tertiary/aromatic N) is 2. The number of rotatable bonds is 8. The van der Waals surface area contributed by atoms with Gasteiger partial charge < -0.3 is 10.1 Å². The average Bonchev–Trinajstić information content (AvgIpc) is 2.74. The van der Waals surface area contributed by atoms with Crippen molar-refractivity contribution in [2.24, 2.45) is 0 Å². The molecular weight excluding hydrogens is 354 g/mol. The maximum absolute atomic E-state index is 12.9. The van der Waals surface area contributed by atoms with Gasteiger partial charge in [0.15, 0.2) is 5.69 Å². The van der Waals surface area contributed by atoms with Crippen LogP contribution in [0.2, 0.25) is 0 Å². The van der Waals surface area contributed by atoms with Crippen LogP contribution in [0.25, 0.3) is 10.8 Å². The van der Waals surface area contributed by atoms with Gasteiger partial charge in [-0.25, -0.2) is 4.68 Å². The number of hydrogen-bond acceptors (Lipinski definition) is 4. The van der Waals surface area contributed by atoms with Crippen molar-refractivity contribution in [1.29, 1.82) is 0 Å². The first-order valence-electron chi connectivity index (χ1n) is 9.55. The molecule has 0 aliphatic carbocycles. The van der Waals surface area contributed by atoms with Crippen molar-refractivity contribution in [2.45, 2.75) is 39.3 Å². The molecule has 1 amide bonds. The molecule has 0 radical (unpaired) electrons. The van der Waals surface area contributed by atoms with Crippen molar-refractivity contribution < 1.29 is 9.53 Å². The standard InChI is InChI=1S/C22H25N3O3/c1-3-4-7-13-25-22(27)19-12-6-5-11-18(19)20(24-25)21(26)23-15-16-9-8-10-17(14-16)28-2/h5-6,8-12,14H,3-4,7,13,15H2,1-2H3,(H,23,26). The maximum atomic E-state index is 12.9. The Morgan fingerprint density at radius 3 is 2.64 bits per heavy atom. The molecule has 1 aromatic heterocycles. The molecule has 3 rings (SSSR count). The zero-order valence-electron chi connectivity index (χ0n) is 16.3. The average molecular weight is 379 g/mol. The number of ether oxygens (including phenoxy) is 1. The molecule has 0 atom stereocenters. The van der Waals surface area contributed by atoms with Crippen LogP contribution in [0.3, 0.4) is 0 Å². The van der Waals surface area contributed by atoms with Crippen LogP contribution in [0.4, 0.5) is 0 Å². The van der Waals surface area contributed by atoms with Crippen LogP contribution < -0.4 is 15.6 Å². The summed E-state index contributed by atoms with van der Waals surface area (Å²) in [5.41, 5.74) is 1.04. The Morgan fingerprint density at radius 2 is 1.89 bits per heavy atom. The lowest BCUT2D eigenvalue weighted by Gasteiger charge is -2.11. The molecule has 6 nitrogen and oxygen atoms in total. The van der Waals surface area contributed by atoms with Crippen molar-refractivity contribution >= 4 is 16.7 Å². The van der Waals surface area contributed by atoms with Gasteiger partial charge in [-0.3, -0.25) is 9.59 Å². The van der Waals surface area contributed by atoms with E-state index in [2.05, 4.69) is 17.3 Å². The van der Waals surface area contributed by atoms with Crippen LogP contribution in [-0.2, 0) is 13.1 Å². The molecule has 0 aliphatic rings. The number of nitrogens with one attached hydrogen (secondary N) is 1. The van der Waals surface area contributed by atoms with Crippen LogP contribution in [0.1, 0.15) is 42.2 Å². The Balaban J connectivity index is 1.88. The molecule has 0 saturated heterocycles. The monoisotopic (exact) mass is 379 g/mol. The molecule has 0 aliphatic heterocycles. The highest BCUT2D eigenvalue weighted by Crippen LogP contribution is 2.15. The van der Waals surface area contributed by atoms with Crippen molar-refractivity contribution in [3.8, 4) is 5.75 Å². The molecule has 28 heavy (non-hydrogen) atoms. The summed E-state index contributed by atoms with van der Waals surface area (Å²) >= 11 is 0. The van der Waals surface area contributed by atoms with Gasteiger partial charge in [-0.1, -0.05) is 50.1 Å². The number of fused-ring (bicyclic) bond motifs is 1. The number of methoxy groups -OCH3 is 1. The van der Waals surface area contributed by atoms with Gasteiger partial charge in [0.2, 0.25) is 0 Å². The third-order valence-electron chi connectivity index (χ3n) is 4.64. The largest absolute Gasteiger partial charge is 0.497 e. The zero-order chi connectivity index (χ0) is 19.9. The van der Waals surface area contributed by atoms with Crippen molar-refractivity contribution in [1.82, 2.24) is 15.1 Å². The van der Waals surface area contributed by atoms with E-state index in [1.54, 1.807) is 25.3 Å². The molecule has 0 bridgehead atoms. The van der Waals surface area contributed by atoms with Crippen LogP contribution in [0.5, 0.6) is 5.75 Å². The molecule has 0 saturated carbocycles. The van der Waals surface area contributed by atoms with Gasteiger partial charge in [0.25, 0.3) is 11.5 Å². The van der Waals surface area contributed by atoms with E-state index >= 15 is 0 Å². The van der Waals surface area contributed by atoms with Gasteiger partial charge in [0, 0.05) is 18.5 Å². The van der Waals surface area contributed by atoms with Crippen LogP contribution >= 0.6 is 0 Å². The maximum Gasteiger partial charge on any atom is 0.274 e. The summed E-state index contributed by atoms with van der Waals surface area (Å²) < 4.78 is 6.63. The first-order chi connectivity index (χ1) is 13.6. The Bertz CT molecular complexity index is 1030. The van der Waals surface area contributed by atoms with E-state index in [9.17, 15) is 9.59 Å². The van der Waals surface area contributed by atoms with E-state index in [1.807, 2.05) is 30.3 Å². The highest BCUT2D eigenvalue weighted by atomic mass is 16.5. The fourth-order valence-electron chi connectivity index (χ4n) is 3.11. The molecule has 1 heterocycles. The molecular formula is C22H25N3O3. The lowest BCUT2D eigenvalue weighted by Crippen LogP contribution is -2.30. The highest BCUT2D eigenvalue weighted by molar-refractivity contribution is 6.04. The normalized spacial score (nSPS) is 10.8. The fraction of sp³-hybridized carbons (Fsp3) is 0.318. The number of carbonyl (C=O) groups is 1. The molecule has 2 aromatic carbocycles. The number of amides is 1. The molecule has 3 aromatic rings. The van der Waals surface area contributed by atoms with Crippen LogP contribution in [0.15, 0.2) is 53.3 Å². The molecule has 0 fully saturated rings. The summed E-state index contributed by atoms with van der Waals surface area (Å²) in [7, 11) is 1.61. The summed E-state index contributed by atoms with van der Waals surface area (Å²) in [5, 5.41) is 8.37. The van der Waals surface area contributed by atoms with E-state index in [-0.39, 0.29) is 17.2 Å². The van der Waals surface area contributed by atoms with Gasteiger partial charge in [-0.05, 0) is 30.2 Å². The minimum absolute atomic E-state index is 0.156. The Kier molecular flexibility index (Phi) is 6.42. The SMILES string of the molecule is CCCCCn1nc(C(=O)NCc2cccc(OC)c2)c2ccccc2c1=O. The van der Waals surface area contributed by atoms with Crippen LogP contribution in [-0.4, -0.2) is 22.8 Å². The van der Waals surface area contributed by atoms with Gasteiger partial charge in [0.05, 0.1) is 12.5 Å². The molecule has 0 unspecified atom stereocenters. The van der Waals surface area contributed by atoms with Crippen molar-refractivity contribution in [3.63, 3.8) is 0 Å². The number of benzene rings is 2. The molecule has 0 spiro atoms. The summed E-state index contributed by atoms with van der Waals surface area (Å²) in [6.07, 6.45) is 2.92.